The number of rotatable bonds is 12. The first-order chi connectivity index (χ1) is 25.6. The highest BCUT2D eigenvalue weighted by molar-refractivity contribution is 6.36. The van der Waals surface area contributed by atoms with E-state index in [-0.39, 0.29) is 63.7 Å². The first-order valence-electron chi connectivity index (χ1n) is 19.7. The Balaban J connectivity index is 1.29. The number of carboxylic acids is 1. The van der Waals surface area contributed by atoms with Crippen molar-refractivity contribution in [1.29, 1.82) is 0 Å². The summed E-state index contributed by atoms with van der Waals surface area (Å²) in [7, 11) is 3.14. The van der Waals surface area contributed by atoms with Crippen molar-refractivity contribution in [2.45, 2.75) is 167 Å². The molecule has 4 aliphatic rings. The number of carbonyl (C=O) groups excluding carboxylic acids is 1. The summed E-state index contributed by atoms with van der Waals surface area (Å²) in [6.45, 7) is 17.2. The highest BCUT2D eigenvalue weighted by atomic mass is 35.5. The van der Waals surface area contributed by atoms with Gasteiger partial charge in [-0.25, -0.2) is 4.79 Å². The zero-order valence-electron chi connectivity index (χ0n) is 34.1. The maximum absolute atomic E-state index is 13.3. The van der Waals surface area contributed by atoms with E-state index in [9.17, 15) is 24.9 Å². The van der Waals surface area contributed by atoms with E-state index in [2.05, 4.69) is 27.7 Å². The van der Waals surface area contributed by atoms with Crippen LogP contribution in [0.25, 0.3) is 0 Å². The minimum Gasteiger partial charge on any atom is -0.505 e. The number of aliphatic hydroxyl groups is 1. The molecule has 0 aromatic heterocycles. The molecule has 0 radical (unpaired) electrons. The van der Waals surface area contributed by atoms with Crippen molar-refractivity contribution in [3.8, 4) is 5.75 Å². The fourth-order valence-corrected chi connectivity index (χ4v) is 10.5. The number of ether oxygens (including phenoxy) is 7. The van der Waals surface area contributed by atoms with Gasteiger partial charge in [0.15, 0.2) is 5.79 Å². The number of phenols is 1. The highest BCUT2D eigenvalue weighted by Gasteiger charge is 2.64. The molecule has 55 heavy (non-hydrogen) atoms. The number of methoxy groups -OCH3 is 2. The fraction of sp³-hybridized carbons (Fsp3) is 0.805. The number of esters is 1. The summed E-state index contributed by atoms with van der Waals surface area (Å²) < 4.78 is 45.0. The van der Waals surface area contributed by atoms with Gasteiger partial charge in [-0.05, 0) is 83.8 Å². The van der Waals surface area contributed by atoms with E-state index in [0.29, 0.717) is 37.7 Å². The van der Waals surface area contributed by atoms with Crippen molar-refractivity contribution < 1.29 is 58.1 Å². The van der Waals surface area contributed by atoms with Gasteiger partial charge < -0.3 is 48.5 Å². The third-order valence-corrected chi connectivity index (χ3v) is 14.1. The Morgan fingerprint density at radius 2 is 1.71 bits per heavy atom. The quantitative estimate of drug-likeness (QED) is 0.180. The molecule has 312 valence electrons. The van der Waals surface area contributed by atoms with Crippen molar-refractivity contribution >= 4 is 35.1 Å². The molecule has 4 heterocycles. The van der Waals surface area contributed by atoms with E-state index < -0.39 is 65.0 Å². The number of benzene rings is 1. The Morgan fingerprint density at radius 1 is 1.04 bits per heavy atom. The van der Waals surface area contributed by atoms with Crippen molar-refractivity contribution in [1.82, 2.24) is 0 Å². The Hall–Kier alpha value is -1.74. The SMILES string of the molecule is CO[C@@H]([C@H](C)OC(=O)c1c(C)c(Cl)cc(Cl)c1O)[C@@H](O)[C@]1(C)CC[C@H]([C@@]2(C)C[C@@H](C)[C@@]3(O[C@H](C[C@@H]4O[C@@H]([C@@H](C)C(=O)O)[C@@H](C)C[C@@H]4C)C[C@@H](OC)[C@H]3C)O2)O1. The summed E-state index contributed by atoms with van der Waals surface area (Å²) in [6.07, 6.45) is -0.677. The number of phenolic OH excluding ortho intramolecular Hbond substituents is 1. The Morgan fingerprint density at radius 3 is 2.33 bits per heavy atom. The van der Waals surface area contributed by atoms with Gasteiger partial charge in [-0.1, -0.05) is 50.9 Å². The molecule has 0 saturated carbocycles. The molecule has 4 aliphatic heterocycles. The highest BCUT2D eigenvalue weighted by Crippen LogP contribution is 2.56. The van der Waals surface area contributed by atoms with Gasteiger partial charge in [0.05, 0.1) is 52.7 Å². The van der Waals surface area contributed by atoms with Crippen LogP contribution in [-0.4, -0.2) is 107 Å². The number of aliphatic hydroxyl groups excluding tert-OH is 1. The van der Waals surface area contributed by atoms with Crippen molar-refractivity contribution in [3.63, 3.8) is 0 Å². The lowest BCUT2D eigenvalue weighted by Crippen LogP contribution is -2.58. The lowest BCUT2D eigenvalue weighted by molar-refractivity contribution is -0.353. The van der Waals surface area contributed by atoms with Gasteiger partial charge in [-0.2, -0.15) is 0 Å². The first-order valence-corrected chi connectivity index (χ1v) is 20.4. The van der Waals surface area contributed by atoms with Crippen LogP contribution in [-0.2, 0) is 38.0 Å². The van der Waals surface area contributed by atoms with E-state index in [4.69, 9.17) is 56.4 Å². The van der Waals surface area contributed by atoms with Crippen LogP contribution < -0.4 is 0 Å². The zero-order valence-corrected chi connectivity index (χ0v) is 35.6. The summed E-state index contributed by atoms with van der Waals surface area (Å²) in [5.74, 6) is -3.55. The van der Waals surface area contributed by atoms with Crippen molar-refractivity contribution in [2.75, 3.05) is 14.2 Å². The van der Waals surface area contributed by atoms with E-state index in [0.717, 1.165) is 6.42 Å². The number of aromatic hydroxyl groups is 1. The molecular formula is C41H62Cl2O12. The van der Waals surface area contributed by atoms with Crippen LogP contribution in [0.15, 0.2) is 6.07 Å². The third kappa shape index (κ3) is 8.41. The molecule has 5 rings (SSSR count). The zero-order chi connectivity index (χ0) is 40.9. The molecule has 0 unspecified atom stereocenters. The van der Waals surface area contributed by atoms with Gasteiger partial charge in [0.2, 0.25) is 0 Å². The minimum atomic E-state index is -1.21. The number of hydrogen-bond acceptors (Lipinski definition) is 11. The molecule has 1 aromatic rings. The Kier molecular flexibility index (Phi) is 13.6. The second-order valence-corrected chi connectivity index (χ2v) is 18.2. The van der Waals surface area contributed by atoms with Gasteiger partial charge >= 0.3 is 11.9 Å². The molecule has 4 saturated heterocycles. The Labute approximate surface area is 335 Å². The summed E-state index contributed by atoms with van der Waals surface area (Å²) in [5, 5.41) is 32.2. The number of hydrogen-bond donors (Lipinski definition) is 3. The molecule has 12 nitrogen and oxygen atoms in total. The molecule has 0 bridgehead atoms. The summed E-state index contributed by atoms with van der Waals surface area (Å²) >= 11 is 12.3. The molecule has 14 heteroatoms. The van der Waals surface area contributed by atoms with E-state index in [1.165, 1.54) is 13.2 Å². The number of carboxylic acid groups (broad SMARTS) is 1. The van der Waals surface area contributed by atoms with E-state index >= 15 is 0 Å². The van der Waals surface area contributed by atoms with Crippen LogP contribution in [0.2, 0.25) is 10.0 Å². The monoisotopic (exact) mass is 816 g/mol. The topological polar surface area (TPSA) is 159 Å². The molecule has 0 aliphatic carbocycles. The smallest absolute Gasteiger partial charge is 0.342 e. The van der Waals surface area contributed by atoms with Gasteiger partial charge in [0.25, 0.3) is 0 Å². The van der Waals surface area contributed by atoms with Crippen LogP contribution in [0.4, 0.5) is 0 Å². The molecule has 0 amide bonds. The largest absolute Gasteiger partial charge is 0.505 e. The number of halogens is 2. The molecule has 1 spiro atoms. The van der Waals surface area contributed by atoms with E-state index in [1.807, 2.05) is 13.8 Å². The summed E-state index contributed by atoms with van der Waals surface area (Å²) in [4.78, 5) is 25.2. The Bertz CT molecular complexity index is 1530. The number of carbonyl (C=O) groups is 2. The van der Waals surface area contributed by atoms with Crippen molar-refractivity contribution in [3.05, 3.63) is 27.2 Å². The normalized spacial score (nSPS) is 40.1. The van der Waals surface area contributed by atoms with Gasteiger partial charge in [-0.15, -0.1) is 0 Å². The maximum atomic E-state index is 13.3. The summed E-state index contributed by atoms with van der Waals surface area (Å²) in [6, 6.07) is 1.35. The average Bonchev–Trinajstić information content (AvgIpc) is 3.65. The van der Waals surface area contributed by atoms with Crippen LogP contribution in [0.5, 0.6) is 5.75 Å². The lowest BCUT2D eigenvalue weighted by Gasteiger charge is -2.51. The van der Waals surface area contributed by atoms with E-state index in [1.54, 1.807) is 27.9 Å². The maximum Gasteiger partial charge on any atom is 0.342 e. The van der Waals surface area contributed by atoms with Crippen LogP contribution in [0.3, 0.4) is 0 Å². The first kappa shape index (κ1) is 44.4. The predicted octanol–water partition coefficient (Wildman–Crippen LogP) is 7.36. The van der Waals surface area contributed by atoms with Crippen LogP contribution in [0, 0.1) is 36.5 Å². The van der Waals surface area contributed by atoms with Gasteiger partial charge in [0, 0.05) is 43.9 Å². The van der Waals surface area contributed by atoms with Crippen LogP contribution >= 0.6 is 23.2 Å². The fourth-order valence-electron chi connectivity index (χ4n) is 10.0. The second kappa shape index (κ2) is 16.9. The summed E-state index contributed by atoms with van der Waals surface area (Å²) in [5.41, 5.74) is -1.71. The predicted molar refractivity (Wildman–Crippen MR) is 206 cm³/mol. The minimum absolute atomic E-state index is 0.0381. The van der Waals surface area contributed by atoms with Gasteiger partial charge in [-0.3, -0.25) is 4.79 Å². The number of aliphatic carboxylic acids is 1. The molecule has 3 N–H and O–H groups in total. The molecule has 1 aromatic carbocycles. The molecule has 4 fully saturated rings. The third-order valence-electron chi connectivity index (χ3n) is 13.4. The van der Waals surface area contributed by atoms with Gasteiger partial charge in [0.1, 0.15) is 29.6 Å². The molecule has 16 atom stereocenters. The lowest BCUT2D eigenvalue weighted by atomic mass is 9.77. The molecular weight excluding hydrogens is 755 g/mol. The van der Waals surface area contributed by atoms with Crippen LogP contribution in [0.1, 0.15) is 110 Å². The van der Waals surface area contributed by atoms with Crippen molar-refractivity contribution in [2.24, 2.45) is 29.6 Å². The second-order valence-electron chi connectivity index (χ2n) is 17.4. The standard InChI is InChI=1S/C41H62Cl2O12/c1-19-14-20(2)34(23(5)37(46)47)52-29(19)15-26-16-30(49-10)24(6)41(53-26)21(3)18-40(9,55-41)31-12-13-39(8,54-31)36(45)35(50-11)25(7)51-38(48)32-22(4)27(42)17-28(43)33(32)44/h17,19-21,23-26,29-31,34-36,44-45H,12-16,18H2,1-11H3,(H,46,47)/t19-,20-,21+,23+,24+,25-,26+,29-,30+,31+,34+,35-,36+,39-,40+,41+/m0/s1. The average molecular weight is 818 g/mol.